The van der Waals surface area contributed by atoms with Crippen molar-refractivity contribution in [3.05, 3.63) is 83.7 Å². The maximum absolute atomic E-state index is 11.8. The first-order valence-corrected chi connectivity index (χ1v) is 22.9. The summed E-state index contributed by atoms with van der Waals surface area (Å²) in [5.41, 5.74) is 24.3. The summed E-state index contributed by atoms with van der Waals surface area (Å²) in [7, 11) is -1.82. The molecule has 314 valence electrons. The number of nitrogens with two attached hydrogens (primary N) is 3. The van der Waals surface area contributed by atoms with Crippen molar-refractivity contribution in [2.75, 3.05) is 46.6 Å². The van der Waals surface area contributed by atoms with Gasteiger partial charge in [0.05, 0.1) is 33.7 Å². The van der Waals surface area contributed by atoms with Gasteiger partial charge in [-0.3, -0.25) is 4.72 Å². The molecule has 4 aromatic heterocycles. The van der Waals surface area contributed by atoms with Crippen molar-refractivity contribution in [1.29, 1.82) is 0 Å². The zero-order valence-electron chi connectivity index (χ0n) is 33.6. The fraction of sp³-hybridized carbons (Fsp3) is 0.421. The van der Waals surface area contributed by atoms with E-state index in [1.807, 2.05) is 59.6 Å². The fourth-order valence-corrected chi connectivity index (χ4v) is 6.33. The van der Waals surface area contributed by atoms with Gasteiger partial charge in [-0.15, -0.1) is 0 Å². The molecular weight excluding hydrogens is 804 g/mol. The van der Waals surface area contributed by atoms with E-state index < -0.39 is 19.1 Å². The van der Waals surface area contributed by atoms with Gasteiger partial charge in [-0.25, -0.2) is 46.1 Å². The van der Waals surface area contributed by atoms with Crippen molar-refractivity contribution in [2.24, 2.45) is 0 Å². The number of nitrogen functional groups attached to an aromatic ring is 3. The molecule has 5 heterocycles. The lowest BCUT2D eigenvalue weighted by Gasteiger charge is -2.08. The Morgan fingerprint density at radius 2 is 1.19 bits per heavy atom. The minimum Gasteiger partial charge on any atom is -0.399 e. The molecule has 0 bridgehead atoms. The largest absolute Gasteiger partial charge is 0.399 e. The third-order valence-corrected chi connectivity index (χ3v) is 11.3. The Bertz CT molecular complexity index is 2500. The Morgan fingerprint density at radius 3 is 1.59 bits per heavy atom. The summed E-state index contributed by atoms with van der Waals surface area (Å²) in [4.78, 5) is 16.8. The van der Waals surface area contributed by atoms with E-state index in [1.165, 1.54) is 32.4 Å². The molecule has 1 saturated heterocycles. The van der Waals surface area contributed by atoms with Crippen LogP contribution in [0.1, 0.15) is 89.0 Å². The first kappa shape index (κ1) is 45.6. The second-order valence-corrected chi connectivity index (χ2v) is 18.9. The van der Waals surface area contributed by atoms with Gasteiger partial charge in [0.15, 0.2) is 11.3 Å². The topological polar surface area (TPSA) is 255 Å². The van der Waals surface area contributed by atoms with Crippen LogP contribution in [0.3, 0.4) is 0 Å². The van der Waals surface area contributed by atoms with Crippen LogP contribution in [0.15, 0.2) is 61.2 Å². The predicted molar refractivity (Wildman–Crippen MR) is 232 cm³/mol. The highest BCUT2D eigenvalue weighted by Gasteiger charge is 2.19. The normalized spacial score (nSPS) is 12.8. The molecule has 1 fully saturated rings. The van der Waals surface area contributed by atoms with Crippen LogP contribution in [0.5, 0.6) is 0 Å². The monoisotopic (exact) mass is 856 g/mol. The third-order valence-electron chi connectivity index (χ3n) is 8.61. The molecule has 0 atom stereocenters. The summed E-state index contributed by atoms with van der Waals surface area (Å²) < 4.78 is 54.3. The smallest absolute Gasteiger partial charge is 0.232 e. The van der Waals surface area contributed by atoms with E-state index in [-0.39, 0.29) is 23.6 Å². The number of hydrogen-bond donors (Lipinski definition) is 4. The Kier molecular flexibility index (Phi) is 16.1. The van der Waals surface area contributed by atoms with Crippen molar-refractivity contribution in [3.63, 3.8) is 0 Å². The van der Waals surface area contributed by atoms with Gasteiger partial charge < -0.3 is 21.9 Å². The first-order chi connectivity index (χ1) is 27.4. The number of fused-ring (bicyclic) bond motifs is 2. The summed E-state index contributed by atoms with van der Waals surface area (Å²) in [5, 5.41) is 10.9. The predicted octanol–water partition coefficient (Wildman–Crippen LogP) is 5.88. The Balaban J connectivity index is 0.000000206. The van der Waals surface area contributed by atoms with Gasteiger partial charge in [-0.2, -0.15) is 10.2 Å². The van der Waals surface area contributed by atoms with Gasteiger partial charge in [0.2, 0.25) is 19.1 Å². The second-order valence-electron chi connectivity index (χ2n) is 13.8. The Morgan fingerprint density at radius 1 is 0.724 bits per heavy atom. The summed E-state index contributed by atoms with van der Waals surface area (Å²) >= 11 is 0. The van der Waals surface area contributed by atoms with Gasteiger partial charge in [0.1, 0.15) is 24.3 Å². The van der Waals surface area contributed by atoms with Crippen molar-refractivity contribution in [3.8, 4) is 0 Å². The van der Waals surface area contributed by atoms with Gasteiger partial charge in [0, 0.05) is 60.2 Å². The van der Waals surface area contributed by atoms with Gasteiger partial charge in [-0.05, 0) is 82.9 Å². The molecule has 0 aliphatic carbocycles. The molecule has 6 aromatic rings. The maximum Gasteiger partial charge on any atom is 0.232 e. The molecule has 17 nitrogen and oxygen atoms in total. The number of nitrogens with zero attached hydrogens (tertiary/aromatic N) is 8. The Hall–Kier alpha value is -5.11. The molecule has 2 aromatic carbocycles. The zero-order chi connectivity index (χ0) is 42.6. The first-order valence-electron chi connectivity index (χ1n) is 18.8. The molecule has 0 saturated carbocycles. The third kappa shape index (κ3) is 13.0. The number of aromatic nitrogens is 8. The summed E-state index contributed by atoms with van der Waals surface area (Å²) in [6, 6.07) is 15.4. The zero-order valence-corrected chi connectivity index (χ0v) is 36.0. The van der Waals surface area contributed by atoms with Crippen LogP contribution in [0.4, 0.5) is 23.0 Å². The quantitative estimate of drug-likeness (QED) is 0.0928. The molecule has 0 radical (unpaired) electrons. The van der Waals surface area contributed by atoms with Crippen LogP contribution in [-0.2, 0) is 36.7 Å². The number of hydrogen-bond acceptors (Lipinski definition) is 14. The molecule has 1 aliphatic rings. The maximum atomic E-state index is 11.8. The molecule has 0 amide bonds. The summed E-state index contributed by atoms with van der Waals surface area (Å²) in [6.45, 7) is 13.3. The number of rotatable bonds is 10. The number of ether oxygens (including phenoxy) is 1. The number of halogens is 1. The lowest BCUT2D eigenvalue weighted by atomic mass is 10.1. The van der Waals surface area contributed by atoms with Crippen LogP contribution in [0.2, 0.25) is 0 Å². The molecule has 7 N–H and O–H groups in total. The SMILES string of the molecule is C1CCOC1.CC(C)n1nc(Cc2cccc(N)c2)c2c(N)ncnc21.CCS(=O)(=O)Cl.CCS(=O)(=O)Nc1cccc(Cc2nn(C(C)C)c3ncnc(N)c23)c1. The van der Waals surface area contributed by atoms with Crippen LogP contribution < -0.4 is 21.9 Å². The fourth-order valence-electron chi connectivity index (χ4n) is 5.70. The minimum absolute atomic E-state index is 0.00849. The molecular formula is C38H53ClN12O5S2. The van der Waals surface area contributed by atoms with Gasteiger partial charge >= 0.3 is 0 Å². The van der Waals surface area contributed by atoms with E-state index in [2.05, 4.69) is 59.4 Å². The van der Waals surface area contributed by atoms with E-state index in [0.717, 1.165) is 57.8 Å². The van der Waals surface area contributed by atoms with Gasteiger partial charge in [0.25, 0.3) is 0 Å². The van der Waals surface area contributed by atoms with Crippen LogP contribution in [-0.4, -0.2) is 81.1 Å². The van der Waals surface area contributed by atoms with E-state index in [4.69, 9.17) is 21.9 Å². The highest BCUT2D eigenvalue weighted by atomic mass is 35.7. The van der Waals surface area contributed by atoms with E-state index in [9.17, 15) is 16.8 Å². The standard InChI is InChI=1S/C17H22N6O2S.C15H18N6.C4H8O.C2H5ClO2S/c1-4-26(24,25)22-13-7-5-6-12(8-13)9-14-15-16(18)19-10-20-17(15)23(21-14)11(2)3;1-9(2)21-15-13(14(17)18-8-19-15)12(20-21)7-10-4-3-5-11(16)6-10;1-2-4-5-3-1;1-2-6(3,4)5/h5-8,10-11,22H,4,9H2,1-3H3,(H2,18,19,20);3-6,8-9H,7,16H2,1-2H3,(H2,17,18,19);1-4H2;2H2,1H3. The van der Waals surface area contributed by atoms with E-state index in [0.29, 0.717) is 35.8 Å². The number of benzene rings is 2. The lowest BCUT2D eigenvalue weighted by molar-refractivity contribution is 0.198. The molecule has 0 spiro atoms. The minimum atomic E-state index is -3.32. The van der Waals surface area contributed by atoms with Gasteiger partial charge in [-0.1, -0.05) is 31.2 Å². The summed E-state index contributed by atoms with van der Waals surface area (Å²) in [6.07, 6.45) is 6.61. The number of nitrogens with one attached hydrogen (secondary N) is 1. The molecule has 0 unspecified atom stereocenters. The highest BCUT2D eigenvalue weighted by molar-refractivity contribution is 8.13. The average Bonchev–Trinajstić information content (AvgIpc) is 3.94. The second kappa shape index (κ2) is 20.5. The average molecular weight is 858 g/mol. The molecule has 7 rings (SSSR count). The van der Waals surface area contributed by atoms with Crippen molar-refractivity contribution in [2.45, 2.75) is 79.3 Å². The molecule has 1 aliphatic heterocycles. The summed E-state index contributed by atoms with van der Waals surface area (Å²) in [5.74, 6) is 0.883. The Labute approximate surface area is 344 Å². The van der Waals surface area contributed by atoms with Crippen molar-refractivity contribution < 1.29 is 21.6 Å². The molecule has 20 heteroatoms. The van der Waals surface area contributed by atoms with Crippen LogP contribution in [0, 0.1) is 0 Å². The number of sulfonamides is 1. The van der Waals surface area contributed by atoms with E-state index >= 15 is 0 Å². The van der Waals surface area contributed by atoms with Crippen molar-refractivity contribution >= 4 is 74.8 Å². The van der Waals surface area contributed by atoms with Crippen LogP contribution >= 0.6 is 10.7 Å². The van der Waals surface area contributed by atoms with E-state index in [1.54, 1.807) is 19.1 Å². The number of anilines is 4. The van der Waals surface area contributed by atoms with Crippen molar-refractivity contribution in [1.82, 2.24) is 39.5 Å². The lowest BCUT2D eigenvalue weighted by Crippen LogP contribution is -2.14. The molecule has 58 heavy (non-hydrogen) atoms. The highest BCUT2D eigenvalue weighted by Crippen LogP contribution is 2.28. The van der Waals surface area contributed by atoms with Crippen LogP contribution in [0.25, 0.3) is 22.1 Å².